The summed E-state index contributed by atoms with van der Waals surface area (Å²) < 4.78 is 37.4. The molecule has 1 aliphatic carbocycles. The molecule has 5 aliphatic rings. The van der Waals surface area contributed by atoms with Crippen LogP contribution in [0.1, 0.15) is 85.1 Å². The number of piperidine rings is 1. The van der Waals surface area contributed by atoms with Crippen molar-refractivity contribution in [2.24, 2.45) is 5.92 Å². The summed E-state index contributed by atoms with van der Waals surface area (Å²) in [6.45, 7) is 5.69. The molecule has 2 bridgehead atoms. The van der Waals surface area contributed by atoms with Gasteiger partial charge >= 0.3 is 0 Å². The third-order valence-electron chi connectivity index (χ3n) is 13.0. The largest absolute Gasteiger partial charge is 0.374 e. The quantitative estimate of drug-likeness (QED) is 0.142. The Morgan fingerprint density at radius 2 is 1.79 bits per heavy atom. The standard InChI is InChI=1S/C41H47F2N13O5/c42-38(43)37-31(46-41(60)29-17-44-55-11-10-32(47-39(29)55)54-19-26-16-25(54)22-61-26)20-56(51-37)24-6-4-23(5-7-24)18-52-12-14-53(15-13-52)21-34(58)45-30-3-1-2-27-35(49-50-36(27)30)28-8-9-33(57)48-40(28)59/h1-3,10-11,17,20,23-26,28,38H,4-9,12-16,18-19,21-22H2,(H,45,58)(H,46,60)(H,49,50)(H,48,57,59)/t23?,24?,25-,26-,28?/m0/s1. The fraction of sp³-hybridized carbons (Fsp3) is 0.512. The minimum Gasteiger partial charge on any atom is -0.374 e. The molecule has 8 heterocycles. The number of hydrogen-bond donors (Lipinski definition) is 4. The normalized spacial score (nSPS) is 24.9. The van der Waals surface area contributed by atoms with Crippen LogP contribution in [-0.4, -0.2) is 133 Å². The van der Waals surface area contributed by atoms with Gasteiger partial charge in [-0.25, -0.2) is 18.3 Å². The Balaban J connectivity index is 0.699. The first-order valence-electron chi connectivity index (χ1n) is 21.1. The molecule has 4 amide bonds. The number of H-pyrrole nitrogens is 1. The number of nitrogens with one attached hydrogen (secondary N) is 4. The van der Waals surface area contributed by atoms with Gasteiger partial charge in [0.05, 0.1) is 66.0 Å². The van der Waals surface area contributed by atoms with Crippen molar-refractivity contribution in [3.8, 4) is 0 Å². The van der Waals surface area contributed by atoms with Gasteiger partial charge in [-0.15, -0.1) is 0 Å². The summed E-state index contributed by atoms with van der Waals surface area (Å²) in [5.41, 5.74) is 1.83. The molecule has 5 aromatic rings. The van der Waals surface area contributed by atoms with Gasteiger partial charge in [-0.1, -0.05) is 12.1 Å². The van der Waals surface area contributed by atoms with E-state index in [1.807, 2.05) is 18.2 Å². The van der Waals surface area contributed by atoms with E-state index in [0.29, 0.717) is 41.5 Å². The van der Waals surface area contributed by atoms with Crippen LogP contribution < -0.4 is 20.9 Å². The van der Waals surface area contributed by atoms with Crippen molar-refractivity contribution in [1.29, 1.82) is 0 Å². The molecule has 320 valence electrons. The number of amides is 4. The molecule has 0 radical (unpaired) electrons. The average molecular weight is 840 g/mol. The van der Waals surface area contributed by atoms with Crippen LogP contribution in [0.15, 0.2) is 42.9 Å². The van der Waals surface area contributed by atoms with Crippen LogP contribution in [0, 0.1) is 5.92 Å². The number of morpholine rings is 1. The molecule has 4 saturated heterocycles. The fourth-order valence-electron chi connectivity index (χ4n) is 9.77. The highest BCUT2D eigenvalue weighted by molar-refractivity contribution is 6.08. The molecule has 1 unspecified atom stereocenters. The van der Waals surface area contributed by atoms with Crippen LogP contribution in [0.3, 0.4) is 0 Å². The molecular formula is C41H47F2N13O5. The lowest BCUT2D eigenvalue weighted by molar-refractivity contribution is -0.134. The van der Waals surface area contributed by atoms with Crippen LogP contribution in [-0.2, 0) is 19.1 Å². The number of hydrogen-bond acceptors (Lipinski definition) is 12. The number of para-hydroxylation sites is 1. The van der Waals surface area contributed by atoms with E-state index in [1.165, 1.54) is 16.9 Å². The van der Waals surface area contributed by atoms with E-state index in [4.69, 9.17) is 9.72 Å². The van der Waals surface area contributed by atoms with Crippen molar-refractivity contribution in [2.45, 2.75) is 75.5 Å². The van der Waals surface area contributed by atoms with Gasteiger partial charge in [0.15, 0.2) is 11.3 Å². The molecule has 0 spiro atoms. The number of imide groups is 1. The summed E-state index contributed by atoms with van der Waals surface area (Å²) in [7, 11) is 0. The molecular weight excluding hydrogens is 793 g/mol. The smallest absolute Gasteiger partial charge is 0.284 e. The van der Waals surface area contributed by atoms with Crippen LogP contribution in [0.5, 0.6) is 0 Å². The summed E-state index contributed by atoms with van der Waals surface area (Å²) in [5, 5.41) is 24.7. The van der Waals surface area contributed by atoms with Crippen molar-refractivity contribution >= 4 is 57.4 Å². The van der Waals surface area contributed by atoms with Gasteiger partial charge in [0.2, 0.25) is 17.7 Å². The zero-order chi connectivity index (χ0) is 41.8. The summed E-state index contributed by atoms with van der Waals surface area (Å²) in [4.78, 5) is 62.3. The Labute approximate surface area is 348 Å². The van der Waals surface area contributed by atoms with Crippen molar-refractivity contribution in [3.63, 3.8) is 0 Å². The van der Waals surface area contributed by atoms with Crippen LogP contribution in [0.2, 0.25) is 0 Å². The monoisotopic (exact) mass is 839 g/mol. The fourth-order valence-corrected chi connectivity index (χ4v) is 9.77. The van der Waals surface area contributed by atoms with Gasteiger partial charge in [0.1, 0.15) is 11.4 Å². The molecule has 10 rings (SSSR count). The van der Waals surface area contributed by atoms with Gasteiger partial charge in [-0.2, -0.15) is 15.3 Å². The van der Waals surface area contributed by atoms with E-state index in [9.17, 15) is 28.0 Å². The summed E-state index contributed by atoms with van der Waals surface area (Å²) in [6.07, 6.45) is 6.97. The van der Waals surface area contributed by atoms with Gasteiger partial charge in [-0.3, -0.25) is 39.2 Å². The number of fused-ring (bicyclic) bond motifs is 4. The third-order valence-corrected chi connectivity index (χ3v) is 13.0. The van der Waals surface area contributed by atoms with Gasteiger partial charge < -0.3 is 25.2 Å². The first-order chi connectivity index (χ1) is 29.6. The topological polar surface area (TPSA) is 200 Å². The SMILES string of the molecule is O=C1CCC(c2n[nH]c3c(NC(=O)CN4CCN(CC5CCC(n6cc(NC(=O)c7cnn8ccc(N9C[C@@H]%10C[C@H]9CO%10)nc78)c(C(F)F)n6)CC5)CC4)cccc23)C(=O)N1. The van der Waals surface area contributed by atoms with Crippen molar-refractivity contribution in [2.75, 3.05) is 68.0 Å². The minimum absolute atomic E-state index is 0.0181. The van der Waals surface area contributed by atoms with Crippen molar-refractivity contribution in [1.82, 2.24) is 49.7 Å². The number of alkyl halides is 2. The molecule has 4 aromatic heterocycles. The predicted octanol–water partition coefficient (Wildman–Crippen LogP) is 3.48. The van der Waals surface area contributed by atoms with Gasteiger partial charge in [-0.05, 0) is 56.6 Å². The second-order valence-electron chi connectivity index (χ2n) is 16.9. The van der Waals surface area contributed by atoms with Crippen LogP contribution in [0.4, 0.5) is 26.0 Å². The lowest BCUT2D eigenvalue weighted by atomic mass is 9.85. The Kier molecular flexibility index (Phi) is 10.4. The Hall–Kier alpha value is -5.86. The number of carbonyl (C=O) groups excluding carboxylic acids is 4. The molecule has 20 heteroatoms. The number of halogens is 2. The second kappa shape index (κ2) is 16.2. The first-order valence-corrected chi connectivity index (χ1v) is 21.1. The zero-order valence-electron chi connectivity index (χ0n) is 33.4. The molecule has 1 aromatic carbocycles. The number of benzene rings is 1. The molecule has 3 atom stereocenters. The van der Waals surface area contributed by atoms with E-state index >= 15 is 0 Å². The Morgan fingerprint density at radius 3 is 2.54 bits per heavy atom. The second-order valence-corrected chi connectivity index (χ2v) is 16.9. The number of nitrogens with zero attached hydrogens (tertiary/aromatic N) is 9. The lowest BCUT2D eigenvalue weighted by Crippen LogP contribution is -2.49. The van der Waals surface area contributed by atoms with E-state index in [2.05, 4.69) is 51.0 Å². The number of piperazine rings is 1. The van der Waals surface area contributed by atoms with E-state index < -0.39 is 23.9 Å². The maximum Gasteiger partial charge on any atom is 0.284 e. The first kappa shape index (κ1) is 39.3. The number of carbonyl (C=O) groups is 4. The molecule has 18 nitrogen and oxygen atoms in total. The number of rotatable bonds is 11. The highest BCUT2D eigenvalue weighted by Gasteiger charge is 2.40. The van der Waals surface area contributed by atoms with Gasteiger partial charge in [0, 0.05) is 63.5 Å². The number of aromatic amines is 1. The molecule has 1 saturated carbocycles. The van der Waals surface area contributed by atoms with E-state index in [0.717, 1.165) is 82.6 Å². The van der Waals surface area contributed by atoms with Crippen LogP contribution >= 0.6 is 0 Å². The molecule has 4 N–H and O–H groups in total. The van der Waals surface area contributed by atoms with Gasteiger partial charge in [0.25, 0.3) is 12.3 Å². The lowest BCUT2D eigenvalue weighted by Gasteiger charge is -2.38. The number of anilines is 3. The zero-order valence-corrected chi connectivity index (χ0v) is 33.4. The van der Waals surface area contributed by atoms with Crippen molar-refractivity contribution < 1.29 is 32.7 Å². The summed E-state index contributed by atoms with van der Waals surface area (Å²) in [5.74, 6) is -0.731. The molecule has 5 fully saturated rings. The summed E-state index contributed by atoms with van der Waals surface area (Å²) >= 11 is 0. The molecule has 61 heavy (non-hydrogen) atoms. The van der Waals surface area contributed by atoms with E-state index in [-0.39, 0.29) is 60.1 Å². The highest BCUT2D eigenvalue weighted by Crippen LogP contribution is 2.37. The maximum atomic E-state index is 14.3. The Bertz CT molecular complexity index is 2490. The average Bonchev–Trinajstić information content (AvgIpc) is 4.11. The summed E-state index contributed by atoms with van der Waals surface area (Å²) in [6, 6.07) is 7.50. The highest BCUT2D eigenvalue weighted by atomic mass is 19.3. The molecule has 4 aliphatic heterocycles. The van der Waals surface area contributed by atoms with E-state index in [1.54, 1.807) is 16.9 Å². The van der Waals surface area contributed by atoms with Crippen molar-refractivity contribution in [3.05, 3.63) is 59.8 Å². The third kappa shape index (κ3) is 7.83. The Morgan fingerprint density at radius 1 is 0.967 bits per heavy atom. The number of ether oxygens (including phenoxy) is 1. The minimum atomic E-state index is -2.87. The van der Waals surface area contributed by atoms with Crippen LogP contribution in [0.25, 0.3) is 16.6 Å². The predicted molar refractivity (Wildman–Crippen MR) is 217 cm³/mol. The maximum absolute atomic E-state index is 14.3. The number of aromatic nitrogens is 7.